The van der Waals surface area contributed by atoms with E-state index in [1.807, 2.05) is 13.8 Å². The lowest BCUT2D eigenvalue weighted by Gasteiger charge is -2.27. The molecule has 1 heterocycles. The fourth-order valence-corrected chi connectivity index (χ4v) is 1.96. The van der Waals surface area contributed by atoms with Crippen molar-refractivity contribution in [1.29, 1.82) is 0 Å². The highest BCUT2D eigenvalue weighted by atomic mass is 16.7. The Balaban J connectivity index is 2.09. The summed E-state index contributed by atoms with van der Waals surface area (Å²) in [4.78, 5) is 24.4. The zero-order valence-corrected chi connectivity index (χ0v) is 12.0. The smallest absolute Gasteiger partial charge is 0.323 e. The number of benzene rings is 1. The fraction of sp³-hybridized carbons (Fsp3) is 0.429. The number of hydrogen-bond donors (Lipinski definition) is 2. The van der Waals surface area contributed by atoms with Crippen molar-refractivity contribution in [3.05, 3.63) is 18.2 Å². The minimum absolute atomic E-state index is 0.157. The van der Waals surface area contributed by atoms with Gasteiger partial charge in [0, 0.05) is 17.8 Å². The Morgan fingerprint density at radius 2 is 2.10 bits per heavy atom. The Morgan fingerprint density at radius 3 is 2.76 bits per heavy atom. The summed E-state index contributed by atoms with van der Waals surface area (Å²) in [5.41, 5.74) is 0.531. The van der Waals surface area contributed by atoms with Crippen molar-refractivity contribution in [2.45, 2.75) is 26.3 Å². The molecule has 0 saturated carbocycles. The maximum atomic E-state index is 12.2. The number of rotatable bonds is 5. The summed E-state index contributed by atoms with van der Waals surface area (Å²) < 4.78 is 10.4. The molecule has 0 saturated heterocycles. The molecule has 1 unspecified atom stereocenters. The van der Waals surface area contributed by atoms with Gasteiger partial charge in [0.15, 0.2) is 11.5 Å². The van der Waals surface area contributed by atoms with Crippen molar-refractivity contribution < 1.29 is 24.2 Å². The predicted molar refractivity (Wildman–Crippen MR) is 75.7 cm³/mol. The van der Waals surface area contributed by atoms with Gasteiger partial charge < -0.3 is 24.8 Å². The molecule has 0 spiro atoms. The van der Waals surface area contributed by atoms with E-state index >= 15 is 0 Å². The second kappa shape index (κ2) is 6.34. The summed E-state index contributed by atoms with van der Waals surface area (Å²) in [7, 11) is 0. The highest BCUT2D eigenvalue weighted by molar-refractivity contribution is 5.91. The predicted octanol–water partition coefficient (Wildman–Crippen LogP) is 2.13. The summed E-state index contributed by atoms with van der Waals surface area (Å²) in [6, 6.07) is 4.40. The minimum Gasteiger partial charge on any atom is -0.480 e. The molecule has 1 aromatic carbocycles. The second-order valence-corrected chi connectivity index (χ2v) is 4.78. The minimum atomic E-state index is -1.05. The van der Waals surface area contributed by atoms with Crippen LogP contribution in [0.25, 0.3) is 0 Å². The van der Waals surface area contributed by atoms with E-state index in [0.717, 1.165) is 0 Å². The maximum Gasteiger partial charge on any atom is 0.323 e. The number of carboxylic acid groups (broad SMARTS) is 1. The molecule has 114 valence electrons. The van der Waals surface area contributed by atoms with Crippen molar-refractivity contribution in [2.75, 3.05) is 18.7 Å². The Hall–Kier alpha value is -2.44. The summed E-state index contributed by atoms with van der Waals surface area (Å²) >= 11 is 0. The molecule has 2 N–H and O–H groups in total. The second-order valence-electron chi connectivity index (χ2n) is 4.78. The summed E-state index contributed by atoms with van der Waals surface area (Å²) in [6.45, 7) is 3.52. The number of fused-ring (bicyclic) bond motifs is 1. The van der Waals surface area contributed by atoms with Gasteiger partial charge >= 0.3 is 12.0 Å². The Labute approximate surface area is 122 Å². The highest BCUT2D eigenvalue weighted by Gasteiger charge is 2.22. The van der Waals surface area contributed by atoms with Crippen LogP contribution in [0.5, 0.6) is 11.5 Å². The van der Waals surface area contributed by atoms with Crippen LogP contribution < -0.4 is 14.8 Å². The van der Waals surface area contributed by atoms with Crippen LogP contribution in [-0.2, 0) is 4.79 Å². The Morgan fingerprint density at radius 1 is 1.38 bits per heavy atom. The van der Waals surface area contributed by atoms with E-state index in [2.05, 4.69) is 5.32 Å². The topological polar surface area (TPSA) is 88.1 Å². The molecule has 7 nitrogen and oxygen atoms in total. The van der Waals surface area contributed by atoms with Gasteiger partial charge in [0.1, 0.15) is 6.54 Å². The fourth-order valence-electron chi connectivity index (χ4n) is 1.96. The molecule has 1 atom stereocenters. The number of anilines is 1. The number of ether oxygens (including phenoxy) is 2. The first kappa shape index (κ1) is 15.0. The quantitative estimate of drug-likeness (QED) is 0.868. The normalized spacial score (nSPS) is 13.6. The lowest BCUT2D eigenvalue weighted by atomic mass is 10.2. The van der Waals surface area contributed by atoms with Crippen molar-refractivity contribution in [3.8, 4) is 11.5 Å². The molecule has 21 heavy (non-hydrogen) atoms. The molecular weight excluding hydrogens is 276 g/mol. The van der Waals surface area contributed by atoms with Crippen LogP contribution in [0.1, 0.15) is 20.3 Å². The first-order valence-electron chi connectivity index (χ1n) is 6.70. The Kier molecular flexibility index (Phi) is 4.52. The average molecular weight is 294 g/mol. The number of hydrogen-bond acceptors (Lipinski definition) is 4. The first-order valence-corrected chi connectivity index (χ1v) is 6.70. The molecule has 1 aliphatic rings. The standard InChI is InChI=1S/C14H18N2O5/c1-3-9(2)16(7-13(17)18)14(19)15-10-4-5-11-12(6-10)21-8-20-11/h4-6,9H,3,7-8H2,1-2H3,(H,15,19)(H,17,18). The molecule has 7 heteroatoms. The van der Waals surface area contributed by atoms with Crippen LogP contribution in [0.2, 0.25) is 0 Å². The lowest BCUT2D eigenvalue weighted by Crippen LogP contribution is -2.44. The zero-order chi connectivity index (χ0) is 15.4. The van der Waals surface area contributed by atoms with Crippen LogP contribution in [-0.4, -0.2) is 41.4 Å². The third-order valence-electron chi connectivity index (χ3n) is 3.31. The van der Waals surface area contributed by atoms with Crippen molar-refractivity contribution in [2.24, 2.45) is 0 Å². The van der Waals surface area contributed by atoms with Gasteiger partial charge in [0.25, 0.3) is 0 Å². The van der Waals surface area contributed by atoms with E-state index in [1.165, 1.54) is 4.90 Å². The van der Waals surface area contributed by atoms with Gasteiger partial charge in [0.05, 0.1) is 0 Å². The van der Waals surface area contributed by atoms with Crippen LogP contribution in [0.3, 0.4) is 0 Å². The third-order valence-corrected chi connectivity index (χ3v) is 3.31. The number of aliphatic carboxylic acids is 1. The number of nitrogens with zero attached hydrogens (tertiary/aromatic N) is 1. The summed E-state index contributed by atoms with van der Waals surface area (Å²) in [6.07, 6.45) is 0.668. The molecule has 0 bridgehead atoms. The zero-order valence-electron chi connectivity index (χ0n) is 12.0. The van der Waals surface area contributed by atoms with Gasteiger partial charge in [-0.25, -0.2) is 4.79 Å². The number of nitrogens with one attached hydrogen (secondary N) is 1. The van der Waals surface area contributed by atoms with E-state index in [9.17, 15) is 9.59 Å². The maximum absolute atomic E-state index is 12.2. The molecule has 1 aliphatic heterocycles. The summed E-state index contributed by atoms with van der Waals surface area (Å²) in [5, 5.41) is 11.6. The molecule has 1 aromatic rings. The van der Waals surface area contributed by atoms with E-state index in [-0.39, 0.29) is 19.4 Å². The molecule has 2 rings (SSSR count). The van der Waals surface area contributed by atoms with Gasteiger partial charge in [-0.2, -0.15) is 0 Å². The van der Waals surface area contributed by atoms with Gasteiger partial charge in [-0.3, -0.25) is 4.79 Å². The highest BCUT2D eigenvalue weighted by Crippen LogP contribution is 2.34. The monoisotopic (exact) mass is 294 g/mol. The van der Waals surface area contributed by atoms with Gasteiger partial charge in [-0.1, -0.05) is 6.92 Å². The Bertz CT molecular complexity index is 546. The molecule has 0 aromatic heterocycles. The van der Waals surface area contributed by atoms with Crippen molar-refractivity contribution in [1.82, 2.24) is 4.90 Å². The number of amides is 2. The number of carbonyl (C=O) groups is 2. The number of urea groups is 1. The molecule has 0 aliphatic carbocycles. The van der Waals surface area contributed by atoms with E-state index in [4.69, 9.17) is 14.6 Å². The molecule has 0 fully saturated rings. The van der Waals surface area contributed by atoms with Gasteiger partial charge in [0.2, 0.25) is 6.79 Å². The van der Waals surface area contributed by atoms with Crippen LogP contribution in [0, 0.1) is 0 Å². The van der Waals surface area contributed by atoms with E-state index < -0.39 is 12.0 Å². The number of carboxylic acids is 1. The first-order chi connectivity index (χ1) is 10.0. The SMILES string of the molecule is CCC(C)N(CC(=O)O)C(=O)Nc1ccc2c(c1)OCO2. The lowest BCUT2D eigenvalue weighted by molar-refractivity contribution is -0.138. The van der Waals surface area contributed by atoms with E-state index in [0.29, 0.717) is 23.6 Å². The third kappa shape index (κ3) is 3.56. The largest absolute Gasteiger partial charge is 0.480 e. The van der Waals surface area contributed by atoms with Crippen molar-refractivity contribution in [3.63, 3.8) is 0 Å². The molecule has 2 amide bonds. The molecule has 0 radical (unpaired) electrons. The van der Waals surface area contributed by atoms with Crippen LogP contribution >= 0.6 is 0 Å². The van der Waals surface area contributed by atoms with Crippen LogP contribution in [0.15, 0.2) is 18.2 Å². The molecular formula is C14H18N2O5. The van der Waals surface area contributed by atoms with Crippen LogP contribution in [0.4, 0.5) is 10.5 Å². The van der Waals surface area contributed by atoms with Crippen molar-refractivity contribution >= 4 is 17.7 Å². The van der Waals surface area contributed by atoms with Gasteiger partial charge in [-0.05, 0) is 25.5 Å². The van der Waals surface area contributed by atoms with E-state index in [1.54, 1.807) is 18.2 Å². The summed E-state index contributed by atoms with van der Waals surface area (Å²) in [5.74, 6) is 0.134. The average Bonchev–Trinajstić information content (AvgIpc) is 2.91. The van der Waals surface area contributed by atoms with Gasteiger partial charge in [-0.15, -0.1) is 0 Å². The number of carbonyl (C=O) groups excluding carboxylic acids is 1.